The maximum Gasteiger partial charge on any atom is 0.275 e. The van der Waals surface area contributed by atoms with Crippen LogP contribution in [0.3, 0.4) is 0 Å². The Hall–Kier alpha value is -1.88. The van der Waals surface area contributed by atoms with Gasteiger partial charge < -0.3 is 14.6 Å². The van der Waals surface area contributed by atoms with Crippen LogP contribution in [0.1, 0.15) is 26.7 Å². The molecule has 108 valence electrons. The molecule has 0 saturated carbocycles. The number of hydrogen-bond donors (Lipinski definition) is 2. The van der Waals surface area contributed by atoms with Crippen LogP contribution in [0.4, 0.5) is 0 Å². The van der Waals surface area contributed by atoms with E-state index < -0.39 is 0 Å². The lowest BCUT2D eigenvalue weighted by Gasteiger charge is -2.16. The SMILES string of the molecule is CC[NH+](CC(=O)NC(C)C)Cc1nc2ccccc2o1. The second kappa shape index (κ2) is 6.52. The smallest absolute Gasteiger partial charge is 0.275 e. The van der Waals surface area contributed by atoms with Crippen molar-refractivity contribution >= 4 is 17.0 Å². The normalized spacial score (nSPS) is 12.8. The lowest BCUT2D eigenvalue weighted by molar-refractivity contribution is -0.905. The molecule has 1 aromatic heterocycles. The topological polar surface area (TPSA) is 59.6 Å². The summed E-state index contributed by atoms with van der Waals surface area (Å²) >= 11 is 0. The first kappa shape index (κ1) is 14.5. The molecule has 2 N–H and O–H groups in total. The number of quaternary nitrogens is 1. The number of hydrogen-bond acceptors (Lipinski definition) is 3. The molecule has 1 aromatic carbocycles. The number of amides is 1. The van der Waals surface area contributed by atoms with Gasteiger partial charge in [0, 0.05) is 6.04 Å². The monoisotopic (exact) mass is 276 g/mol. The largest absolute Gasteiger partial charge is 0.435 e. The summed E-state index contributed by atoms with van der Waals surface area (Å²) < 4.78 is 5.70. The van der Waals surface area contributed by atoms with Crippen LogP contribution in [0.5, 0.6) is 0 Å². The third-order valence-corrected chi connectivity index (χ3v) is 3.10. The standard InChI is InChI=1S/C15H21N3O2/c1-4-18(9-14(19)16-11(2)3)10-15-17-12-7-5-6-8-13(12)20-15/h5-8,11H,4,9-10H2,1-3H3,(H,16,19)/p+1. The minimum absolute atomic E-state index is 0.0629. The van der Waals surface area contributed by atoms with Gasteiger partial charge in [0.1, 0.15) is 5.52 Å². The average molecular weight is 276 g/mol. The Balaban J connectivity index is 2.00. The number of carbonyl (C=O) groups excluding carboxylic acids is 1. The molecule has 0 aliphatic carbocycles. The van der Waals surface area contributed by atoms with Gasteiger partial charge in [-0.05, 0) is 32.9 Å². The van der Waals surface area contributed by atoms with Gasteiger partial charge in [-0.25, -0.2) is 4.98 Å². The van der Waals surface area contributed by atoms with Crippen LogP contribution in [0.2, 0.25) is 0 Å². The average Bonchev–Trinajstić information content (AvgIpc) is 2.79. The molecule has 0 spiro atoms. The first-order chi connectivity index (χ1) is 9.58. The van der Waals surface area contributed by atoms with E-state index >= 15 is 0 Å². The molecule has 1 amide bonds. The lowest BCUT2D eigenvalue weighted by atomic mass is 10.3. The molecule has 1 heterocycles. The summed E-state index contributed by atoms with van der Waals surface area (Å²) in [6.45, 7) is 7.89. The zero-order valence-electron chi connectivity index (χ0n) is 12.3. The van der Waals surface area contributed by atoms with E-state index in [0.29, 0.717) is 19.0 Å². The second-order valence-corrected chi connectivity index (χ2v) is 5.25. The predicted molar refractivity (Wildman–Crippen MR) is 77.4 cm³/mol. The molecule has 2 aromatic rings. The maximum atomic E-state index is 11.8. The number of aromatic nitrogens is 1. The number of carbonyl (C=O) groups is 1. The number of para-hydroxylation sites is 2. The van der Waals surface area contributed by atoms with Crippen molar-refractivity contribution in [2.24, 2.45) is 0 Å². The highest BCUT2D eigenvalue weighted by molar-refractivity contribution is 5.77. The van der Waals surface area contributed by atoms with Crippen LogP contribution >= 0.6 is 0 Å². The highest BCUT2D eigenvalue weighted by atomic mass is 16.3. The molecule has 1 atom stereocenters. The van der Waals surface area contributed by atoms with Gasteiger partial charge in [-0.1, -0.05) is 12.1 Å². The van der Waals surface area contributed by atoms with Crippen LogP contribution in [0.15, 0.2) is 28.7 Å². The highest BCUT2D eigenvalue weighted by Gasteiger charge is 2.17. The zero-order chi connectivity index (χ0) is 14.5. The lowest BCUT2D eigenvalue weighted by Crippen LogP contribution is -3.11. The van der Waals surface area contributed by atoms with Crippen LogP contribution < -0.4 is 10.2 Å². The van der Waals surface area contributed by atoms with Gasteiger partial charge in [-0.3, -0.25) is 4.79 Å². The molecule has 0 aliphatic rings. The van der Waals surface area contributed by atoms with Crippen LogP contribution in [-0.2, 0) is 11.3 Å². The third kappa shape index (κ3) is 3.81. The number of fused-ring (bicyclic) bond motifs is 1. The van der Waals surface area contributed by atoms with E-state index in [-0.39, 0.29) is 11.9 Å². The zero-order valence-corrected chi connectivity index (χ0v) is 12.3. The van der Waals surface area contributed by atoms with Gasteiger partial charge in [0.2, 0.25) is 0 Å². The molecular formula is C15H22N3O2+. The number of rotatable bonds is 6. The van der Waals surface area contributed by atoms with E-state index in [9.17, 15) is 4.79 Å². The predicted octanol–water partition coefficient (Wildman–Crippen LogP) is 0.757. The molecule has 0 saturated heterocycles. The minimum atomic E-state index is 0.0629. The van der Waals surface area contributed by atoms with Crippen molar-refractivity contribution in [2.75, 3.05) is 13.1 Å². The number of likely N-dealkylation sites (N-methyl/N-ethyl adjacent to an activating group) is 1. The van der Waals surface area contributed by atoms with Crippen LogP contribution in [0.25, 0.3) is 11.1 Å². The first-order valence-electron chi connectivity index (χ1n) is 7.06. The van der Waals surface area contributed by atoms with E-state index in [1.807, 2.05) is 38.1 Å². The Morgan fingerprint density at radius 2 is 2.15 bits per heavy atom. The molecule has 0 fully saturated rings. The van der Waals surface area contributed by atoms with E-state index in [1.165, 1.54) is 0 Å². The Morgan fingerprint density at radius 3 is 2.80 bits per heavy atom. The fraction of sp³-hybridized carbons (Fsp3) is 0.467. The molecular weight excluding hydrogens is 254 g/mol. The van der Waals surface area contributed by atoms with Crippen molar-refractivity contribution in [1.29, 1.82) is 0 Å². The van der Waals surface area contributed by atoms with Crippen LogP contribution in [-0.4, -0.2) is 30.0 Å². The summed E-state index contributed by atoms with van der Waals surface area (Å²) in [6.07, 6.45) is 0. The Kier molecular flexibility index (Phi) is 4.74. The maximum absolute atomic E-state index is 11.8. The summed E-state index contributed by atoms with van der Waals surface area (Å²) in [5.74, 6) is 0.744. The van der Waals surface area contributed by atoms with E-state index in [2.05, 4.69) is 17.2 Å². The molecule has 0 bridgehead atoms. The van der Waals surface area contributed by atoms with Gasteiger partial charge in [0.25, 0.3) is 11.8 Å². The van der Waals surface area contributed by atoms with Crippen molar-refractivity contribution in [3.63, 3.8) is 0 Å². The Bertz CT molecular complexity index is 544. The first-order valence-corrected chi connectivity index (χ1v) is 7.06. The van der Waals surface area contributed by atoms with Gasteiger partial charge in [0.05, 0.1) is 6.54 Å². The fourth-order valence-corrected chi connectivity index (χ4v) is 2.12. The summed E-state index contributed by atoms with van der Waals surface area (Å²) in [5, 5.41) is 2.91. The third-order valence-electron chi connectivity index (χ3n) is 3.10. The van der Waals surface area contributed by atoms with E-state index in [1.54, 1.807) is 0 Å². The number of oxazole rings is 1. The molecule has 0 aliphatic heterocycles. The number of nitrogens with zero attached hydrogens (tertiary/aromatic N) is 1. The highest BCUT2D eigenvalue weighted by Crippen LogP contribution is 2.13. The van der Waals surface area contributed by atoms with Gasteiger partial charge in [-0.15, -0.1) is 0 Å². The van der Waals surface area contributed by atoms with E-state index in [4.69, 9.17) is 4.42 Å². The summed E-state index contributed by atoms with van der Waals surface area (Å²) in [6, 6.07) is 7.87. The Morgan fingerprint density at radius 1 is 1.40 bits per heavy atom. The van der Waals surface area contributed by atoms with Gasteiger partial charge in [0.15, 0.2) is 18.7 Å². The van der Waals surface area contributed by atoms with E-state index in [0.717, 1.165) is 22.5 Å². The summed E-state index contributed by atoms with van der Waals surface area (Å²) in [5.41, 5.74) is 1.66. The van der Waals surface area contributed by atoms with Crippen molar-refractivity contribution in [1.82, 2.24) is 10.3 Å². The van der Waals surface area contributed by atoms with Crippen molar-refractivity contribution in [2.45, 2.75) is 33.4 Å². The number of nitrogens with one attached hydrogen (secondary N) is 2. The molecule has 1 unspecified atom stereocenters. The quantitative estimate of drug-likeness (QED) is 0.819. The Labute approximate surface area is 119 Å². The molecule has 2 rings (SSSR count). The number of benzene rings is 1. The van der Waals surface area contributed by atoms with Crippen LogP contribution in [0, 0.1) is 0 Å². The summed E-state index contributed by atoms with van der Waals surface area (Å²) in [7, 11) is 0. The van der Waals surface area contributed by atoms with Crippen molar-refractivity contribution < 1.29 is 14.1 Å². The summed E-state index contributed by atoms with van der Waals surface area (Å²) in [4.78, 5) is 17.4. The molecule has 5 heteroatoms. The van der Waals surface area contributed by atoms with Gasteiger partial charge >= 0.3 is 0 Å². The minimum Gasteiger partial charge on any atom is -0.435 e. The second-order valence-electron chi connectivity index (χ2n) is 5.25. The molecule has 0 radical (unpaired) electrons. The van der Waals surface area contributed by atoms with Crippen molar-refractivity contribution in [3.8, 4) is 0 Å². The molecule has 20 heavy (non-hydrogen) atoms. The molecule has 5 nitrogen and oxygen atoms in total. The fourth-order valence-electron chi connectivity index (χ4n) is 2.12. The van der Waals surface area contributed by atoms with Gasteiger partial charge in [-0.2, -0.15) is 0 Å². The van der Waals surface area contributed by atoms with Crippen molar-refractivity contribution in [3.05, 3.63) is 30.2 Å².